The normalized spacial score (nSPS) is 12.7. The van der Waals surface area contributed by atoms with Crippen LogP contribution in [0.25, 0.3) is 0 Å². The largest absolute Gasteiger partial charge is 0.350 e. The molecule has 0 saturated carbocycles. The summed E-state index contributed by atoms with van der Waals surface area (Å²) in [5.41, 5.74) is 0.303. The van der Waals surface area contributed by atoms with Crippen molar-refractivity contribution in [2.75, 3.05) is 17.1 Å². The highest BCUT2D eigenvalue weighted by Crippen LogP contribution is 2.25. The first kappa shape index (κ1) is 26.6. The smallest absolute Gasteiger partial charge is 0.244 e. The van der Waals surface area contributed by atoms with E-state index in [9.17, 15) is 22.4 Å². The molecule has 1 N–H and O–H groups in total. The average molecular weight is 498 g/mol. The molecule has 33 heavy (non-hydrogen) atoms. The van der Waals surface area contributed by atoms with Crippen LogP contribution in [-0.4, -0.2) is 49.5 Å². The fourth-order valence-electron chi connectivity index (χ4n) is 3.09. The number of amides is 2. The number of halogens is 2. The summed E-state index contributed by atoms with van der Waals surface area (Å²) >= 11 is 5.82. The number of hydrogen-bond donors (Lipinski definition) is 1. The van der Waals surface area contributed by atoms with Gasteiger partial charge in [-0.1, -0.05) is 41.9 Å². The summed E-state index contributed by atoms with van der Waals surface area (Å²) in [5.74, 6) is -1.68. The van der Waals surface area contributed by atoms with Crippen LogP contribution in [0.3, 0.4) is 0 Å². The van der Waals surface area contributed by atoms with Crippen LogP contribution < -0.4 is 9.62 Å². The van der Waals surface area contributed by atoms with Crippen molar-refractivity contribution in [2.24, 2.45) is 0 Å². The monoisotopic (exact) mass is 497 g/mol. The van der Waals surface area contributed by atoms with Crippen molar-refractivity contribution >= 4 is 39.1 Å². The highest BCUT2D eigenvalue weighted by molar-refractivity contribution is 7.92. The number of nitrogens with one attached hydrogen (secondary N) is 1. The Bertz CT molecular complexity index is 1100. The van der Waals surface area contributed by atoms with Gasteiger partial charge in [0.1, 0.15) is 18.4 Å². The van der Waals surface area contributed by atoms with Crippen molar-refractivity contribution in [2.45, 2.75) is 45.8 Å². The standard InChI is InChI=1S/C23H29ClFN3O4S/c1-16(22(30)26-23(2,3)4)27(14-17-9-7-6-8-10-17)21(29)15-28(33(5,31)32)18-11-12-20(25)19(24)13-18/h6-13,16H,14-15H2,1-5H3,(H,26,30). The molecule has 0 spiro atoms. The fraction of sp³-hybridized carbons (Fsp3) is 0.391. The second-order valence-corrected chi connectivity index (χ2v) is 11.1. The molecule has 7 nitrogen and oxygen atoms in total. The lowest BCUT2D eigenvalue weighted by Gasteiger charge is -2.33. The maximum atomic E-state index is 13.6. The van der Waals surface area contributed by atoms with E-state index in [1.54, 1.807) is 19.1 Å². The van der Waals surface area contributed by atoms with Gasteiger partial charge in [0.2, 0.25) is 21.8 Å². The summed E-state index contributed by atoms with van der Waals surface area (Å²) in [5, 5.41) is 2.57. The molecular formula is C23H29ClFN3O4S. The molecule has 180 valence electrons. The Balaban J connectivity index is 2.40. The Hall–Kier alpha value is -2.65. The van der Waals surface area contributed by atoms with Gasteiger partial charge in [-0.3, -0.25) is 13.9 Å². The van der Waals surface area contributed by atoms with Crippen LogP contribution in [0.1, 0.15) is 33.3 Å². The van der Waals surface area contributed by atoms with Crippen molar-refractivity contribution in [1.29, 1.82) is 0 Å². The summed E-state index contributed by atoms with van der Waals surface area (Å²) in [6.07, 6.45) is 0.939. The number of carbonyl (C=O) groups excluding carboxylic acids is 2. The van der Waals surface area contributed by atoms with Gasteiger partial charge in [-0.05, 0) is 51.5 Å². The van der Waals surface area contributed by atoms with Crippen LogP contribution in [0.2, 0.25) is 5.02 Å². The first-order valence-corrected chi connectivity index (χ1v) is 12.5. The minimum Gasteiger partial charge on any atom is -0.350 e. The quantitative estimate of drug-likeness (QED) is 0.604. The number of rotatable bonds is 8. The van der Waals surface area contributed by atoms with Crippen molar-refractivity contribution in [3.8, 4) is 0 Å². The molecule has 10 heteroatoms. The third-order valence-corrected chi connectivity index (χ3v) is 6.16. The van der Waals surface area contributed by atoms with E-state index >= 15 is 0 Å². The van der Waals surface area contributed by atoms with Gasteiger partial charge < -0.3 is 10.2 Å². The van der Waals surface area contributed by atoms with E-state index in [1.807, 2.05) is 39.0 Å². The van der Waals surface area contributed by atoms with Crippen LogP contribution in [-0.2, 0) is 26.2 Å². The van der Waals surface area contributed by atoms with Crippen molar-refractivity contribution in [3.63, 3.8) is 0 Å². The minimum atomic E-state index is -3.92. The predicted molar refractivity (Wildman–Crippen MR) is 128 cm³/mol. The van der Waals surface area contributed by atoms with Gasteiger partial charge in [-0.2, -0.15) is 0 Å². The molecule has 2 rings (SSSR count). The van der Waals surface area contributed by atoms with Gasteiger partial charge in [-0.15, -0.1) is 0 Å². The van der Waals surface area contributed by atoms with Crippen LogP contribution in [0, 0.1) is 5.82 Å². The molecule has 2 aromatic carbocycles. The van der Waals surface area contributed by atoms with Crippen LogP contribution >= 0.6 is 11.6 Å². The highest BCUT2D eigenvalue weighted by atomic mass is 35.5. The Kier molecular flexibility index (Phi) is 8.48. The zero-order valence-electron chi connectivity index (χ0n) is 19.3. The molecule has 0 aromatic heterocycles. The number of nitrogens with zero attached hydrogens (tertiary/aromatic N) is 2. The molecule has 0 aliphatic heterocycles. The molecule has 1 unspecified atom stereocenters. The Morgan fingerprint density at radius 3 is 2.24 bits per heavy atom. The molecule has 0 heterocycles. The van der Waals surface area contributed by atoms with Crippen LogP contribution in [0.4, 0.5) is 10.1 Å². The van der Waals surface area contributed by atoms with Gasteiger partial charge >= 0.3 is 0 Å². The van der Waals surface area contributed by atoms with Crippen molar-refractivity contribution in [3.05, 3.63) is 64.9 Å². The highest BCUT2D eigenvalue weighted by Gasteiger charge is 2.31. The second-order valence-electron chi connectivity index (χ2n) is 8.79. The van der Waals surface area contributed by atoms with Gasteiger partial charge in [0.15, 0.2) is 0 Å². The molecular weight excluding hydrogens is 469 g/mol. The molecule has 2 amide bonds. The topological polar surface area (TPSA) is 86.8 Å². The van der Waals surface area contributed by atoms with Gasteiger partial charge in [0, 0.05) is 12.1 Å². The zero-order chi connectivity index (χ0) is 25.0. The molecule has 0 saturated heterocycles. The molecule has 2 aromatic rings. The Labute approximate surface area is 199 Å². The van der Waals surface area contributed by atoms with Crippen molar-refractivity contribution < 1.29 is 22.4 Å². The molecule has 0 bridgehead atoms. The van der Waals surface area contributed by atoms with E-state index in [4.69, 9.17) is 11.6 Å². The molecule has 1 atom stereocenters. The van der Waals surface area contributed by atoms with Crippen LogP contribution in [0.5, 0.6) is 0 Å². The maximum absolute atomic E-state index is 13.6. The molecule has 0 aliphatic carbocycles. The van der Waals surface area contributed by atoms with Crippen molar-refractivity contribution in [1.82, 2.24) is 10.2 Å². The van der Waals surface area contributed by atoms with E-state index in [0.717, 1.165) is 28.3 Å². The van der Waals surface area contributed by atoms with Gasteiger partial charge in [0.25, 0.3) is 0 Å². The predicted octanol–water partition coefficient (Wildman–Crippen LogP) is 3.58. The Morgan fingerprint density at radius 1 is 1.12 bits per heavy atom. The number of hydrogen-bond acceptors (Lipinski definition) is 4. The lowest BCUT2D eigenvalue weighted by Crippen LogP contribution is -2.54. The summed E-state index contributed by atoms with van der Waals surface area (Å²) in [6.45, 7) is 6.57. The molecule has 0 radical (unpaired) electrons. The SMILES string of the molecule is CC(C(=O)NC(C)(C)C)N(Cc1ccccc1)C(=O)CN(c1ccc(F)c(Cl)c1)S(C)(=O)=O. The van der Waals surface area contributed by atoms with Gasteiger partial charge in [-0.25, -0.2) is 12.8 Å². The number of benzene rings is 2. The van der Waals surface area contributed by atoms with E-state index in [-0.39, 0.29) is 23.2 Å². The van der Waals surface area contributed by atoms with Crippen LogP contribution in [0.15, 0.2) is 48.5 Å². The summed E-state index contributed by atoms with van der Waals surface area (Å²) in [4.78, 5) is 27.5. The number of sulfonamides is 1. The fourth-order valence-corrected chi connectivity index (χ4v) is 4.11. The van der Waals surface area contributed by atoms with Gasteiger partial charge in [0.05, 0.1) is 17.0 Å². The third-order valence-electron chi connectivity index (χ3n) is 4.73. The summed E-state index contributed by atoms with van der Waals surface area (Å²) < 4.78 is 39.4. The Morgan fingerprint density at radius 2 is 1.73 bits per heavy atom. The minimum absolute atomic E-state index is 0.0451. The first-order valence-electron chi connectivity index (χ1n) is 10.3. The third kappa shape index (κ3) is 7.71. The van der Waals surface area contributed by atoms with E-state index < -0.39 is 39.9 Å². The number of carbonyl (C=O) groups is 2. The van der Waals surface area contributed by atoms with E-state index in [2.05, 4.69) is 5.32 Å². The maximum Gasteiger partial charge on any atom is 0.244 e. The van der Waals surface area contributed by atoms with E-state index in [1.165, 1.54) is 11.0 Å². The molecule has 0 fully saturated rings. The molecule has 0 aliphatic rings. The number of anilines is 1. The lowest BCUT2D eigenvalue weighted by molar-refractivity contribution is -0.140. The second kappa shape index (κ2) is 10.5. The summed E-state index contributed by atoms with van der Waals surface area (Å²) in [7, 11) is -3.92. The zero-order valence-corrected chi connectivity index (χ0v) is 20.9. The first-order chi connectivity index (χ1) is 15.2. The van der Waals surface area contributed by atoms with E-state index in [0.29, 0.717) is 0 Å². The average Bonchev–Trinajstić information content (AvgIpc) is 2.70. The summed E-state index contributed by atoms with van der Waals surface area (Å²) in [6, 6.07) is 11.6. The lowest BCUT2D eigenvalue weighted by atomic mass is 10.1.